The predicted octanol–water partition coefficient (Wildman–Crippen LogP) is 3.18. The maximum Gasteiger partial charge on any atom is 0.279 e. The van der Waals surface area contributed by atoms with Gasteiger partial charge in [0.1, 0.15) is 5.56 Å². The summed E-state index contributed by atoms with van der Waals surface area (Å²) in [6.07, 6.45) is 1.34. The highest BCUT2D eigenvalue weighted by Gasteiger charge is 2.19. The number of aromatic nitrogens is 2. The number of rotatable bonds is 4. The smallest absolute Gasteiger partial charge is 0.279 e. The average Bonchev–Trinajstić information content (AvgIpc) is 2.59. The number of nitrogens with zero attached hydrogens (tertiary/aromatic N) is 2. The van der Waals surface area contributed by atoms with Crippen LogP contribution >= 0.6 is 11.6 Å². The van der Waals surface area contributed by atoms with Crippen LogP contribution in [0.3, 0.4) is 0 Å². The third kappa shape index (κ3) is 3.22. The van der Waals surface area contributed by atoms with Crippen LogP contribution < -0.4 is 5.56 Å². The lowest BCUT2D eigenvalue weighted by Crippen LogP contribution is -2.29. The van der Waals surface area contributed by atoms with Crippen molar-refractivity contribution in [1.82, 2.24) is 9.78 Å². The molecule has 4 nitrogen and oxygen atoms in total. The van der Waals surface area contributed by atoms with E-state index >= 15 is 0 Å². The molecule has 0 amide bonds. The molecule has 0 N–H and O–H groups in total. The number of benzene rings is 2. The summed E-state index contributed by atoms with van der Waals surface area (Å²) in [6.45, 7) is 0.284. The van der Waals surface area contributed by atoms with Gasteiger partial charge in [-0.2, -0.15) is 5.10 Å². The summed E-state index contributed by atoms with van der Waals surface area (Å²) >= 11 is 6.05. The number of hydrogen-bond acceptors (Lipinski definition) is 3. The van der Waals surface area contributed by atoms with Gasteiger partial charge in [0.05, 0.1) is 17.8 Å². The quantitative estimate of drug-likeness (QED) is 0.693. The third-order valence-electron chi connectivity index (χ3n) is 3.44. The largest absolute Gasteiger partial charge is 0.288 e. The van der Waals surface area contributed by atoms with Gasteiger partial charge in [-0.25, -0.2) is 4.68 Å². The van der Waals surface area contributed by atoms with Crippen molar-refractivity contribution in [3.8, 4) is 0 Å². The van der Waals surface area contributed by atoms with Crippen LogP contribution in [0.2, 0.25) is 5.02 Å². The summed E-state index contributed by atoms with van der Waals surface area (Å²) in [4.78, 5) is 25.2. The molecule has 0 saturated heterocycles. The molecule has 114 valence electrons. The summed E-state index contributed by atoms with van der Waals surface area (Å²) < 4.78 is 1.25. The van der Waals surface area contributed by atoms with Gasteiger partial charge in [0.25, 0.3) is 5.56 Å². The molecule has 0 aliphatic rings. The topological polar surface area (TPSA) is 52.0 Å². The van der Waals surface area contributed by atoms with Crippen LogP contribution in [0.1, 0.15) is 21.5 Å². The van der Waals surface area contributed by atoms with Gasteiger partial charge in [-0.3, -0.25) is 9.59 Å². The van der Waals surface area contributed by atoms with Gasteiger partial charge in [-0.15, -0.1) is 0 Å². The van der Waals surface area contributed by atoms with Crippen molar-refractivity contribution >= 4 is 17.4 Å². The minimum absolute atomic E-state index is 0.0520. The SMILES string of the molecule is O=C(c1ccccc1)c1c(Cl)cnn(Cc2ccccc2)c1=O. The van der Waals surface area contributed by atoms with Crippen molar-refractivity contribution in [2.24, 2.45) is 0 Å². The Hall–Kier alpha value is -2.72. The molecule has 3 aromatic rings. The van der Waals surface area contributed by atoms with Crippen LogP contribution in [0.4, 0.5) is 0 Å². The lowest BCUT2D eigenvalue weighted by molar-refractivity contribution is 0.103. The molecule has 0 saturated carbocycles. The van der Waals surface area contributed by atoms with Gasteiger partial charge in [-0.1, -0.05) is 72.3 Å². The van der Waals surface area contributed by atoms with E-state index in [1.165, 1.54) is 10.9 Å². The molecule has 1 heterocycles. The molecule has 3 rings (SSSR count). The Morgan fingerprint density at radius 3 is 2.26 bits per heavy atom. The van der Waals surface area contributed by atoms with E-state index in [9.17, 15) is 9.59 Å². The number of carbonyl (C=O) groups is 1. The molecular weight excluding hydrogens is 312 g/mol. The zero-order valence-electron chi connectivity index (χ0n) is 12.1. The predicted molar refractivity (Wildman–Crippen MR) is 88.9 cm³/mol. The standard InChI is InChI=1S/C18H13ClN2O2/c19-15-11-20-21(12-13-7-3-1-4-8-13)18(23)16(15)17(22)14-9-5-2-6-10-14/h1-11H,12H2. The van der Waals surface area contributed by atoms with Crippen molar-refractivity contribution in [3.05, 3.63) is 98.9 Å². The fourth-order valence-corrected chi connectivity index (χ4v) is 2.49. The third-order valence-corrected chi connectivity index (χ3v) is 3.72. The van der Waals surface area contributed by atoms with E-state index in [1.807, 2.05) is 30.3 Å². The van der Waals surface area contributed by atoms with Gasteiger partial charge in [0.15, 0.2) is 5.78 Å². The molecule has 0 aliphatic heterocycles. The van der Waals surface area contributed by atoms with Gasteiger partial charge in [0, 0.05) is 5.56 Å². The van der Waals surface area contributed by atoms with E-state index in [1.54, 1.807) is 30.3 Å². The molecule has 0 bridgehead atoms. The van der Waals surface area contributed by atoms with Crippen LogP contribution in [-0.4, -0.2) is 15.6 Å². The Morgan fingerprint density at radius 2 is 1.61 bits per heavy atom. The molecule has 0 fully saturated rings. The van der Waals surface area contributed by atoms with Crippen molar-refractivity contribution in [3.63, 3.8) is 0 Å². The van der Waals surface area contributed by atoms with E-state index in [-0.39, 0.29) is 17.1 Å². The number of halogens is 1. The fourth-order valence-electron chi connectivity index (χ4n) is 2.28. The number of ketones is 1. The minimum atomic E-state index is -0.491. The minimum Gasteiger partial charge on any atom is -0.288 e. The summed E-state index contributed by atoms with van der Waals surface area (Å²) in [5.41, 5.74) is 0.797. The maximum absolute atomic E-state index is 12.6. The molecular formula is C18H13ClN2O2. The number of hydrogen-bond donors (Lipinski definition) is 0. The van der Waals surface area contributed by atoms with Crippen LogP contribution in [-0.2, 0) is 6.54 Å². The Morgan fingerprint density at radius 1 is 1.00 bits per heavy atom. The van der Waals surface area contributed by atoms with E-state index in [0.29, 0.717) is 5.56 Å². The van der Waals surface area contributed by atoms with Gasteiger partial charge >= 0.3 is 0 Å². The van der Waals surface area contributed by atoms with Gasteiger partial charge in [0.2, 0.25) is 0 Å². The van der Waals surface area contributed by atoms with Crippen molar-refractivity contribution in [2.45, 2.75) is 6.54 Å². The highest BCUT2D eigenvalue weighted by Crippen LogP contribution is 2.15. The number of carbonyl (C=O) groups excluding carboxylic acids is 1. The Bertz CT molecular complexity index is 890. The van der Waals surface area contributed by atoms with Crippen molar-refractivity contribution < 1.29 is 4.79 Å². The molecule has 1 aromatic heterocycles. The second-order valence-corrected chi connectivity index (χ2v) is 5.42. The lowest BCUT2D eigenvalue weighted by Gasteiger charge is -2.08. The summed E-state index contributed by atoms with van der Waals surface area (Å²) in [7, 11) is 0. The van der Waals surface area contributed by atoms with Crippen LogP contribution in [0.25, 0.3) is 0 Å². The van der Waals surface area contributed by atoms with E-state index in [4.69, 9.17) is 11.6 Å². The first-order chi connectivity index (χ1) is 11.2. The van der Waals surface area contributed by atoms with Crippen molar-refractivity contribution in [1.29, 1.82) is 0 Å². The molecule has 0 unspecified atom stereocenters. The first-order valence-electron chi connectivity index (χ1n) is 7.06. The Balaban J connectivity index is 2.03. The monoisotopic (exact) mass is 324 g/mol. The average molecular weight is 325 g/mol. The Kier molecular flexibility index (Phi) is 4.35. The molecule has 0 spiro atoms. The first-order valence-corrected chi connectivity index (χ1v) is 7.44. The molecule has 5 heteroatoms. The summed E-state index contributed by atoms with van der Waals surface area (Å²) in [5.74, 6) is -0.398. The van der Waals surface area contributed by atoms with Gasteiger partial charge < -0.3 is 0 Å². The highest BCUT2D eigenvalue weighted by molar-refractivity contribution is 6.34. The van der Waals surface area contributed by atoms with Gasteiger partial charge in [-0.05, 0) is 5.56 Å². The fraction of sp³-hybridized carbons (Fsp3) is 0.0556. The zero-order valence-corrected chi connectivity index (χ0v) is 12.9. The van der Waals surface area contributed by atoms with Crippen molar-refractivity contribution in [2.75, 3.05) is 0 Å². The van der Waals surface area contributed by atoms with Crippen LogP contribution in [0.15, 0.2) is 71.7 Å². The highest BCUT2D eigenvalue weighted by atomic mass is 35.5. The molecule has 23 heavy (non-hydrogen) atoms. The van der Waals surface area contributed by atoms with Crippen LogP contribution in [0, 0.1) is 0 Å². The van der Waals surface area contributed by atoms with E-state index in [0.717, 1.165) is 5.56 Å². The summed E-state index contributed by atoms with van der Waals surface area (Å²) in [6, 6.07) is 18.0. The summed E-state index contributed by atoms with van der Waals surface area (Å²) in [5, 5.41) is 4.09. The molecule has 0 atom stereocenters. The maximum atomic E-state index is 12.6. The molecule has 0 aliphatic carbocycles. The lowest BCUT2D eigenvalue weighted by atomic mass is 10.1. The Labute approximate surface area is 138 Å². The van der Waals surface area contributed by atoms with E-state index in [2.05, 4.69) is 5.10 Å². The molecule has 2 aromatic carbocycles. The second kappa shape index (κ2) is 6.58. The molecule has 0 radical (unpaired) electrons. The normalized spacial score (nSPS) is 10.5. The van der Waals surface area contributed by atoms with Crippen LogP contribution in [0.5, 0.6) is 0 Å². The zero-order chi connectivity index (χ0) is 16.2. The second-order valence-electron chi connectivity index (χ2n) is 5.01. The first kappa shape index (κ1) is 15.2. The van der Waals surface area contributed by atoms with E-state index < -0.39 is 11.3 Å².